The molecule has 1 aliphatic heterocycles. The van der Waals surface area contributed by atoms with Crippen molar-refractivity contribution in [1.82, 2.24) is 4.90 Å². The maximum absolute atomic E-state index is 8.90. The Labute approximate surface area is 61.6 Å². The standard InChI is InChI=1S/C7H15NO2/c1-10-4-2-3-8-5-7(9)6-8/h7,9H,2-6H2,1H3. The van der Waals surface area contributed by atoms with Crippen molar-refractivity contribution in [3.63, 3.8) is 0 Å². The van der Waals surface area contributed by atoms with Crippen LogP contribution in [0, 0.1) is 0 Å². The van der Waals surface area contributed by atoms with Gasteiger partial charge in [0.05, 0.1) is 6.10 Å². The number of β-amino-alcohol motifs (C(OH)–C–C–N with tert-alkyl or cyclic N) is 1. The number of hydrogen-bond donors (Lipinski definition) is 1. The third kappa shape index (κ3) is 2.25. The Morgan fingerprint density at radius 1 is 1.60 bits per heavy atom. The molecular formula is C7H15NO2. The van der Waals surface area contributed by atoms with E-state index in [1.165, 1.54) is 0 Å². The van der Waals surface area contributed by atoms with E-state index in [0.717, 1.165) is 32.7 Å². The fraction of sp³-hybridized carbons (Fsp3) is 1.00. The molecule has 1 fully saturated rings. The molecule has 0 unspecified atom stereocenters. The highest BCUT2D eigenvalue weighted by atomic mass is 16.5. The van der Waals surface area contributed by atoms with Crippen molar-refractivity contribution in [2.24, 2.45) is 0 Å². The number of ether oxygens (including phenoxy) is 1. The van der Waals surface area contributed by atoms with Gasteiger partial charge in [-0.2, -0.15) is 0 Å². The zero-order valence-electron chi connectivity index (χ0n) is 6.42. The minimum Gasteiger partial charge on any atom is -0.390 e. The van der Waals surface area contributed by atoms with E-state index >= 15 is 0 Å². The van der Waals surface area contributed by atoms with Gasteiger partial charge >= 0.3 is 0 Å². The summed E-state index contributed by atoms with van der Waals surface area (Å²) in [5, 5.41) is 8.90. The Kier molecular flexibility index (Phi) is 3.12. The molecule has 0 bridgehead atoms. The maximum Gasteiger partial charge on any atom is 0.0793 e. The highest BCUT2D eigenvalue weighted by Crippen LogP contribution is 2.06. The van der Waals surface area contributed by atoms with Crippen LogP contribution in [0.25, 0.3) is 0 Å². The maximum atomic E-state index is 8.90. The van der Waals surface area contributed by atoms with Gasteiger partial charge in [-0.15, -0.1) is 0 Å². The molecule has 3 heteroatoms. The van der Waals surface area contributed by atoms with E-state index in [9.17, 15) is 0 Å². The van der Waals surface area contributed by atoms with Gasteiger partial charge in [0.2, 0.25) is 0 Å². The topological polar surface area (TPSA) is 32.7 Å². The summed E-state index contributed by atoms with van der Waals surface area (Å²) in [4.78, 5) is 2.23. The summed E-state index contributed by atoms with van der Waals surface area (Å²) in [5.74, 6) is 0. The van der Waals surface area contributed by atoms with Gasteiger partial charge in [0.1, 0.15) is 0 Å². The smallest absolute Gasteiger partial charge is 0.0793 e. The van der Waals surface area contributed by atoms with E-state index in [4.69, 9.17) is 9.84 Å². The summed E-state index contributed by atoms with van der Waals surface area (Å²) in [6.45, 7) is 3.59. The van der Waals surface area contributed by atoms with Crippen LogP contribution in [-0.4, -0.2) is 49.5 Å². The van der Waals surface area contributed by atoms with Crippen LogP contribution in [0.3, 0.4) is 0 Å². The van der Waals surface area contributed by atoms with Crippen molar-refractivity contribution >= 4 is 0 Å². The molecular weight excluding hydrogens is 130 g/mol. The van der Waals surface area contributed by atoms with E-state index in [1.54, 1.807) is 7.11 Å². The summed E-state index contributed by atoms with van der Waals surface area (Å²) >= 11 is 0. The molecule has 10 heavy (non-hydrogen) atoms. The van der Waals surface area contributed by atoms with Gasteiger partial charge in [-0.25, -0.2) is 0 Å². The van der Waals surface area contributed by atoms with Crippen molar-refractivity contribution in [2.45, 2.75) is 12.5 Å². The molecule has 0 aliphatic carbocycles. The number of aliphatic hydroxyl groups excluding tert-OH is 1. The van der Waals surface area contributed by atoms with Crippen LogP contribution in [0.15, 0.2) is 0 Å². The zero-order valence-corrected chi connectivity index (χ0v) is 6.42. The van der Waals surface area contributed by atoms with Crippen LogP contribution in [0.5, 0.6) is 0 Å². The van der Waals surface area contributed by atoms with Crippen LogP contribution < -0.4 is 0 Å². The van der Waals surface area contributed by atoms with Crippen molar-refractivity contribution in [3.05, 3.63) is 0 Å². The molecule has 1 saturated heterocycles. The lowest BCUT2D eigenvalue weighted by molar-refractivity contribution is -0.00158. The minimum atomic E-state index is -0.0671. The number of rotatable bonds is 4. The van der Waals surface area contributed by atoms with Gasteiger partial charge in [-0.3, -0.25) is 4.90 Å². The second-order valence-corrected chi connectivity index (χ2v) is 2.76. The first-order valence-corrected chi connectivity index (χ1v) is 3.72. The number of methoxy groups -OCH3 is 1. The molecule has 3 nitrogen and oxygen atoms in total. The van der Waals surface area contributed by atoms with Crippen LogP contribution in [-0.2, 0) is 4.74 Å². The lowest BCUT2D eigenvalue weighted by Gasteiger charge is -2.35. The van der Waals surface area contributed by atoms with E-state index in [1.807, 2.05) is 0 Å². The first kappa shape index (κ1) is 7.98. The summed E-state index contributed by atoms with van der Waals surface area (Å²) in [5.41, 5.74) is 0. The second-order valence-electron chi connectivity index (χ2n) is 2.76. The Bertz CT molecular complexity index is 91.6. The van der Waals surface area contributed by atoms with E-state index in [0.29, 0.717) is 0 Å². The van der Waals surface area contributed by atoms with E-state index < -0.39 is 0 Å². The van der Waals surface area contributed by atoms with Crippen LogP contribution >= 0.6 is 0 Å². The molecule has 0 spiro atoms. The molecule has 0 amide bonds. The van der Waals surface area contributed by atoms with Crippen molar-refractivity contribution in [3.8, 4) is 0 Å². The average Bonchev–Trinajstić information content (AvgIpc) is 1.85. The third-order valence-electron chi connectivity index (χ3n) is 1.76. The van der Waals surface area contributed by atoms with Gasteiger partial charge in [-0.1, -0.05) is 0 Å². The largest absolute Gasteiger partial charge is 0.390 e. The predicted octanol–water partition coefficient (Wildman–Crippen LogP) is -0.301. The lowest BCUT2D eigenvalue weighted by Crippen LogP contribution is -2.50. The van der Waals surface area contributed by atoms with Crippen molar-refractivity contribution < 1.29 is 9.84 Å². The summed E-state index contributed by atoms with van der Waals surface area (Å²) in [6.07, 6.45) is 1.01. The molecule has 1 heterocycles. The SMILES string of the molecule is COCCCN1CC(O)C1. The molecule has 1 rings (SSSR count). The van der Waals surface area contributed by atoms with Crippen LogP contribution in [0.1, 0.15) is 6.42 Å². The Balaban J connectivity index is 1.86. The molecule has 1 aliphatic rings. The number of aliphatic hydroxyl groups is 1. The Morgan fingerprint density at radius 2 is 2.30 bits per heavy atom. The molecule has 0 aromatic heterocycles. The molecule has 0 radical (unpaired) electrons. The van der Waals surface area contributed by atoms with Gasteiger partial charge in [0.25, 0.3) is 0 Å². The Morgan fingerprint density at radius 3 is 2.80 bits per heavy atom. The quantitative estimate of drug-likeness (QED) is 0.551. The molecule has 0 aromatic rings. The number of hydrogen-bond acceptors (Lipinski definition) is 3. The van der Waals surface area contributed by atoms with Crippen molar-refractivity contribution in [1.29, 1.82) is 0 Å². The lowest BCUT2D eigenvalue weighted by atomic mass is 10.1. The molecule has 0 aromatic carbocycles. The normalized spacial score (nSPS) is 21.0. The summed E-state index contributed by atoms with van der Waals surface area (Å²) in [6, 6.07) is 0. The van der Waals surface area contributed by atoms with Gasteiger partial charge < -0.3 is 9.84 Å². The van der Waals surface area contributed by atoms with Gasteiger partial charge in [0, 0.05) is 33.4 Å². The third-order valence-corrected chi connectivity index (χ3v) is 1.76. The zero-order chi connectivity index (χ0) is 7.40. The minimum absolute atomic E-state index is 0.0671. The first-order valence-electron chi connectivity index (χ1n) is 3.72. The number of nitrogens with zero attached hydrogens (tertiary/aromatic N) is 1. The molecule has 1 N–H and O–H groups in total. The second kappa shape index (κ2) is 3.91. The van der Waals surface area contributed by atoms with Crippen molar-refractivity contribution in [2.75, 3.05) is 33.4 Å². The molecule has 0 atom stereocenters. The predicted molar refractivity (Wildman–Crippen MR) is 38.9 cm³/mol. The van der Waals surface area contributed by atoms with Gasteiger partial charge in [-0.05, 0) is 6.42 Å². The van der Waals surface area contributed by atoms with Gasteiger partial charge in [0.15, 0.2) is 0 Å². The monoisotopic (exact) mass is 145 g/mol. The van der Waals surface area contributed by atoms with Crippen LogP contribution in [0.4, 0.5) is 0 Å². The van der Waals surface area contributed by atoms with Crippen LogP contribution in [0.2, 0.25) is 0 Å². The highest BCUT2D eigenvalue weighted by Gasteiger charge is 2.22. The average molecular weight is 145 g/mol. The fourth-order valence-corrected chi connectivity index (χ4v) is 1.16. The van der Waals surface area contributed by atoms with E-state index in [-0.39, 0.29) is 6.10 Å². The first-order chi connectivity index (χ1) is 4.83. The number of likely N-dealkylation sites (tertiary alicyclic amines) is 1. The Hall–Kier alpha value is -0.120. The summed E-state index contributed by atoms with van der Waals surface area (Å²) < 4.78 is 4.90. The molecule has 0 saturated carbocycles. The fourth-order valence-electron chi connectivity index (χ4n) is 1.16. The summed E-state index contributed by atoms with van der Waals surface area (Å²) in [7, 11) is 1.71. The van der Waals surface area contributed by atoms with E-state index in [2.05, 4.69) is 4.90 Å². The molecule has 60 valence electrons. The highest BCUT2D eigenvalue weighted by molar-refractivity contribution is 4.77.